The van der Waals surface area contributed by atoms with E-state index in [1.165, 1.54) is 0 Å². The summed E-state index contributed by atoms with van der Waals surface area (Å²) in [5.41, 5.74) is 1.35. The Morgan fingerprint density at radius 3 is 2.79 bits per heavy atom. The third-order valence-corrected chi connectivity index (χ3v) is 2.81. The second kappa shape index (κ2) is 5.71. The van der Waals surface area contributed by atoms with Gasteiger partial charge in [-0.3, -0.25) is 0 Å². The molecule has 2 rings (SSSR count). The first-order valence-electron chi connectivity index (χ1n) is 6.16. The molecule has 0 amide bonds. The van der Waals surface area contributed by atoms with Crippen LogP contribution in [0.4, 0.5) is 4.79 Å². The van der Waals surface area contributed by atoms with Gasteiger partial charge in [-0.25, -0.2) is 4.79 Å². The van der Waals surface area contributed by atoms with Crippen LogP contribution in [-0.4, -0.2) is 23.7 Å². The minimum atomic E-state index is -1.68. The molecule has 0 bridgehead atoms. The van der Waals surface area contributed by atoms with E-state index >= 15 is 0 Å². The van der Waals surface area contributed by atoms with E-state index in [1.807, 2.05) is 36.4 Å². The molecule has 0 aromatic heterocycles. The molecule has 1 N–H and O–H groups in total. The average Bonchev–Trinajstić information content (AvgIpc) is 2.40. The van der Waals surface area contributed by atoms with Crippen molar-refractivity contribution in [3.63, 3.8) is 0 Å². The van der Waals surface area contributed by atoms with Gasteiger partial charge in [0, 0.05) is 12.0 Å². The predicted octanol–water partition coefficient (Wildman–Crippen LogP) is 2.89. The summed E-state index contributed by atoms with van der Waals surface area (Å²) in [6, 6.07) is 9.31. The minimum Gasteiger partial charge on any atom is -0.435 e. The monoisotopic (exact) mass is 260 g/mol. The molecule has 0 spiro atoms. The van der Waals surface area contributed by atoms with E-state index in [4.69, 9.17) is 9.47 Å². The Bertz CT molecular complexity index is 504. The average molecular weight is 260 g/mol. The largest absolute Gasteiger partial charge is 0.511 e. The van der Waals surface area contributed by atoms with E-state index < -0.39 is 11.9 Å². The van der Waals surface area contributed by atoms with Crippen LogP contribution < -0.4 is 0 Å². The van der Waals surface area contributed by atoms with Crippen molar-refractivity contribution < 1.29 is 19.4 Å². The molecule has 1 unspecified atom stereocenters. The Morgan fingerprint density at radius 2 is 2.11 bits per heavy atom. The summed E-state index contributed by atoms with van der Waals surface area (Å²) in [5, 5.41) is 10.5. The molecule has 4 nitrogen and oxygen atoms in total. The molecule has 100 valence electrons. The lowest BCUT2D eigenvalue weighted by Gasteiger charge is -2.30. The van der Waals surface area contributed by atoms with Crippen molar-refractivity contribution in [3.05, 3.63) is 54.1 Å². The fourth-order valence-electron chi connectivity index (χ4n) is 1.95. The number of carbonyl (C=O) groups excluding carboxylic acids is 1. The summed E-state index contributed by atoms with van der Waals surface area (Å²) in [7, 11) is 0. The Morgan fingerprint density at radius 1 is 1.37 bits per heavy atom. The molecule has 0 saturated carbocycles. The summed E-state index contributed by atoms with van der Waals surface area (Å²) < 4.78 is 9.78. The molecule has 1 aromatic rings. The second-order valence-electron chi connectivity index (χ2n) is 4.15. The van der Waals surface area contributed by atoms with Crippen LogP contribution in [0.3, 0.4) is 0 Å². The molecule has 19 heavy (non-hydrogen) atoms. The van der Waals surface area contributed by atoms with Crippen LogP contribution in [0.1, 0.15) is 18.9 Å². The first kappa shape index (κ1) is 13.4. The predicted molar refractivity (Wildman–Crippen MR) is 71.2 cm³/mol. The maximum absolute atomic E-state index is 11.4. The second-order valence-corrected chi connectivity index (χ2v) is 4.15. The molecule has 0 aliphatic heterocycles. The van der Waals surface area contributed by atoms with E-state index in [-0.39, 0.29) is 13.0 Å². The number of rotatable bonds is 3. The van der Waals surface area contributed by atoms with Gasteiger partial charge in [0.15, 0.2) is 0 Å². The highest BCUT2D eigenvalue weighted by molar-refractivity contribution is 5.76. The zero-order valence-corrected chi connectivity index (χ0v) is 10.7. The lowest BCUT2D eigenvalue weighted by molar-refractivity contribution is -0.130. The van der Waals surface area contributed by atoms with Gasteiger partial charge < -0.3 is 14.6 Å². The van der Waals surface area contributed by atoms with Crippen molar-refractivity contribution in [2.24, 2.45) is 0 Å². The highest BCUT2D eigenvalue weighted by Crippen LogP contribution is 2.34. The van der Waals surface area contributed by atoms with Crippen molar-refractivity contribution in [1.29, 1.82) is 0 Å². The van der Waals surface area contributed by atoms with Gasteiger partial charge in [0.25, 0.3) is 0 Å². The molecule has 1 aliphatic carbocycles. The number of aliphatic hydroxyl groups is 1. The maximum atomic E-state index is 11.4. The molecule has 1 atom stereocenters. The number of carbonyl (C=O) groups is 1. The zero-order valence-electron chi connectivity index (χ0n) is 10.7. The van der Waals surface area contributed by atoms with Crippen molar-refractivity contribution in [2.75, 3.05) is 6.61 Å². The van der Waals surface area contributed by atoms with Crippen LogP contribution in [0, 0.1) is 0 Å². The van der Waals surface area contributed by atoms with Gasteiger partial charge in [-0.2, -0.15) is 0 Å². The van der Waals surface area contributed by atoms with Crippen molar-refractivity contribution >= 4 is 11.7 Å². The van der Waals surface area contributed by atoms with Crippen molar-refractivity contribution in [2.45, 2.75) is 19.1 Å². The van der Waals surface area contributed by atoms with E-state index in [2.05, 4.69) is 0 Å². The molecule has 0 radical (unpaired) electrons. The summed E-state index contributed by atoms with van der Waals surface area (Å²) >= 11 is 0. The topological polar surface area (TPSA) is 55.8 Å². The van der Waals surface area contributed by atoms with E-state index in [9.17, 15) is 9.90 Å². The number of allylic oxidation sites excluding steroid dienone is 2. The fraction of sp³-hybridized carbons (Fsp3) is 0.267. The van der Waals surface area contributed by atoms with Crippen LogP contribution in [0.5, 0.6) is 0 Å². The summed E-state index contributed by atoms with van der Waals surface area (Å²) in [4.78, 5) is 11.4. The van der Waals surface area contributed by atoms with Gasteiger partial charge in [0.2, 0.25) is 5.79 Å². The summed E-state index contributed by atoms with van der Waals surface area (Å²) in [6.07, 6.45) is 4.63. The molecule has 4 heteroatoms. The van der Waals surface area contributed by atoms with Gasteiger partial charge >= 0.3 is 6.16 Å². The lowest BCUT2D eigenvalue weighted by Crippen LogP contribution is -2.37. The number of hydrogen-bond acceptors (Lipinski definition) is 4. The minimum absolute atomic E-state index is 0.201. The molecule has 0 heterocycles. The first-order chi connectivity index (χ1) is 9.15. The van der Waals surface area contributed by atoms with E-state index in [0.717, 1.165) is 5.56 Å². The smallest absolute Gasteiger partial charge is 0.435 e. The van der Waals surface area contributed by atoms with Gasteiger partial charge in [-0.15, -0.1) is 0 Å². The highest BCUT2D eigenvalue weighted by Gasteiger charge is 2.37. The Kier molecular flexibility index (Phi) is 4.02. The number of ether oxygens (including phenoxy) is 2. The lowest BCUT2D eigenvalue weighted by atomic mass is 9.91. The third kappa shape index (κ3) is 3.03. The highest BCUT2D eigenvalue weighted by atomic mass is 16.8. The fourth-order valence-corrected chi connectivity index (χ4v) is 1.95. The standard InChI is InChI=1S/C15H16O4/c1-2-18-14(16)19-15(17)11-7-6-10-13(15)12-8-4-3-5-9-12/h3-10,17H,2,11H2,1H3. The zero-order chi connectivity index (χ0) is 13.7. The number of hydrogen-bond donors (Lipinski definition) is 1. The van der Waals surface area contributed by atoms with Gasteiger partial charge in [0.1, 0.15) is 0 Å². The van der Waals surface area contributed by atoms with E-state index in [0.29, 0.717) is 5.57 Å². The van der Waals surface area contributed by atoms with Gasteiger partial charge in [0.05, 0.1) is 6.61 Å². The first-order valence-corrected chi connectivity index (χ1v) is 6.16. The van der Waals surface area contributed by atoms with Crippen LogP contribution >= 0.6 is 0 Å². The van der Waals surface area contributed by atoms with Crippen molar-refractivity contribution in [1.82, 2.24) is 0 Å². The van der Waals surface area contributed by atoms with Crippen LogP contribution in [0.15, 0.2) is 48.6 Å². The molecule has 1 aromatic carbocycles. The normalized spacial score (nSPS) is 21.7. The van der Waals surface area contributed by atoms with Crippen LogP contribution in [0.25, 0.3) is 5.57 Å². The Labute approximate surface area is 112 Å². The van der Waals surface area contributed by atoms with Gasteiger partial charge in [-0.05, 0) is 12.5 Å². The molecular weight excluding hydrogens is 244 g/mol. The SMILES string of the molecule is CCOC(=O)OC1(O)CC=CC=C1c1ccccc1. The molecule has 0 saturated heterocycles. The summed E-state index contributed by atoms with van der Waals surface area (Å²) in [6.45, 7) is 1.88. The van der Waals surface area contributed by atoms with Crippen molar-refractivity contribution in [3.8, 4) is 0 Å². The van der Waals surface area contributed by atoms with Crippen LogP contribution in [0.2, 0.25) is 0 Å². The van der Waals surface area contributed by atoms with Crippen LogP contribution in [-0.2, 0) is 9.47 Å². The Balaban J connectivity index is 2.26. The molecule has 0 fully saturated rings. The number of benzene rings is 1. The third-order valence-electron chi connectivity index (χ3n) is 2.81. The van der Waals surface area contributed by atoms with E-state index in [1.54, 1.807) is 19.1 Å². The quantitative estimate of drug-likeness (QED) is 0.670. The van der Waals surface area contributed by atoms with Gasteiger partial charge in [-0.1, -0.05) is 48.6 Å². The Hall–Kier alpha value is -2.07. The summed E-state index contributed by atoms with van der Waals surface area (Å²) in [5.74, 6) is -1.68. The molecular formula is C15H16O4. The molecule has 1 aliphatic rings. The maximum Gasteiger partial charge on any atom is 0.511 e.